The van der Waals surface area contributed by atoms with Crippen LogP contribution in [0.1, 0.15) is 17.9 Å². The number of hydrogen-bond donors (Lipinski definition) is 3. The van der Waals surface area contributed by atoms with E-state index in [4.69, 9.17) is 0 Å². The van der Waals surface area contributed by atoms with Gasteiger partial charge in [0, 0.05) is 29.7 Å². The summed E-state index contributed by atoms with van der Waals surface area (Å²) in [5, 5.41) is 6.06. The first kappa shape index (κ1) is 19.0. The maximum atomic E-state index is 13.5. The van der Waals surface area contributed by atoms with Gasteiger partial charge in [-0.25, -0.2) is 9.37 Å². The Morgan fingerprint density at radius 3 is 2.79 bits per heavy atom. The predicted molar refractivity (Wildman–Crippen MR) is 103 cm³/mol. The highest BCUT2D eigenvalue weighted by Gasteiger charge is 2.32. The Balaban J connectivity index is 1.46. The number of H-pyrrole nitrogens is 1. The summed E-state index contributed by atoms with van der Waals surface area (Å²) in [5.74, 6) is 0.572. The van der Waals surface area contributed by atoms with Crippen molar-refractivity contribution in [3.8, 4) is 0 Å². The summed E-state index contributed by atoms with van der Waals surface area (Å²) in [7, 11) is 0. The van der Waals surface area contributed by atoms with Gasteiger partial charge >= 0.3 is 6.18 Å². The summed E-state index contributed by atoms with van der Waals surface area (Å²) >= 11 is 0. The van der Waals surface area contributed by atoms with Gasteiger partial charge in [0.2, 0.25) is 0 Å². The molecule has 0 amide bonds. The van der Waals surface area contributed by atoms with Crippen LogP contribution in [0.2, 0.25) is 0 Å². The van der Waals surface area contributed by atoms with E-state index in [0.29, 0.717) is 23.6 Å². The largest absolute Gasteiger partial charge is 0.433 e. The Kier molecular flexibility index (Phi) is 4.96. The van der Waals surface area contributed by atoms with E-state index >= 15 is 0 Å². The third-order valence-corrected chi connectivity index (χ3v) is 4.35. The van der Waals surface area contributed by atoms with Crippen LogP contribution in [0.3, 0.4) is 0 Å². The molecule has 2 aromatic heterocycles. The number of hydrogen-bond acceptors (Lipinski definition) is 4. The molecular formula is C20H17F4N5. The van der Waals surface area contributed by atoms with Crippen molar-refractivity contribution >= 4 is 22.4 Å². The molecule has 150 valence electrons. The summed E-state index contributed by atoms with van der Waals surface area (Å²) in [5.41, 5.74) is 2.28. The molecule has 1 aliphatic rings. The number of nitrogens with zero attached hydrogens (tertiary/aromatic N) is 2. The first-order valence-corrected chi connectivity index (χ1v) is 8.92. The van der Waals surface area contributed by atoms with Gasteiger partial charge in [-0.15, -0.1) is 0 Å². The quantitative estimate of drug-likeness (QED) is 0.514. The van der Waals surface area contributed by atoms with Gasteiger partial charge in [0.05, 0.1) is 17.6 Å². The van der Waals surface area contributed by atoms with Gasteiger partial charge in [-0.1, -0.05) is 6.08 Å². The molecular weight excluding hydrogens is 386 g/mol. The van der Waals surface area contributed by atoms with Crippen molar-refractivity contribution < 1.29 is 17.6 Å². The minimum absolute atomic E-state index is 0.218. The third kappa shape index (κ3) is 4.56. The van der Waals surface area contributed by atoms with Crippen molar-refractivity contribution in [1.29, 1.82) is 0 Å². The van der Waals surface area contributed by atoms with Crippen molar-refractivity contribution in [2.45, 2.75) is 25.3 Å². The Morgan fingerprint density at radius 1 is 1.14 bits per heavy atom. The number of nitrogens with one attached hydrogen (secondary N) is 3. The molecule has 4 rings (SSSR count). The summed E-state index contributed by atoms with van der Waals surface area (Å²) in [4.78, 5) is 10.9. The maximum Gasteiger partial charge on any atom is 0.433 e. The van der Waals surface area contributed by atoms with Crippen LogP contribution in [0.15, 0.2) is 60.5 Å². The average Bonchev–Trinajstić information content (AvgIpc) is 3.08. The molecule has 0 aliphatic heterocycles. The smallest absolute Gasteiger partial charge is 0.378 e. The summed E-state index contributed by atoms with van der Waals surface area (Å²) in [6.45, 7) is 0.218. The van der Waals surface area contributed by atoms with Crippen molar-refractivity contribution in [1.82, 2.24) is 15.0 Å². The number of rotatable bonds is 5. The Labute approximate surface area is 163 Å². The molecule has 29 heavy (non-hydrogen) atoms. The van der Waals surface area contributed by atoms with Crippen LogP contribution in [0, 0.1) is 0 Å². The second-order valence-corrected chi connectivity index (χ2v) is 6.60. The molecule has 1 atom stereocenters. The van der Waals surface area contributed by atoms with Gasteiger partial charge in [-0.2, -0.15) is 13.2 Å². The van der Waals surface area contributed by atoms with Crippen molar-refractivity contribution in [3.63, 3.8) is 0 Å². The second kappa shape index (κ2) is 7.57. The SMILES string of the molecule is FC1C=C(Nc2ccc3nc(CNc4ccnc(C(F)(F)F)c4)[nH]c3c2)C=CC1. The topological polar surface area (TPSA) is 65.6 Å². The predicted octanol–water partition coefficient (Wildman–Crippen LogP) is 5.18. The van der Waals surface area contributed by atoms with Crippen LogP contribution in [-0.2, 0) is 12.7 Å². The number of imidazole rings is 1. The lowest BCUT2D eigenvalue weighted by Crippen LogP contribution is -2.09. The van der Waals surface area contributed by atoms with Crippen molar-refractivity contribution in [3.05, 3.63) is 72.0 Å². The van der Waals surface area contributed by atoms with Crippen molar-refractivity contribution in [2.24, 2.45) is 0 Å². The van der Waals surface area contributed by atoms with E-state index < -0.39 is 18.0 Å². The highest BCUT2D eigenvalue weighted by molar-refractivity contribution is 5.80. The van der Waals surface area contributed by atoms with Crippen molar-refractivity contribution in [2.75, 3.05) is 10.6 Å². The summed E-state index contributed by atoms with van der Waals surface area (Å²) < 4.78 is 51.7. The summed E-state index contributed by atoms with van der Waals surface area (Å²) in [6.07, 6.45) is 1.12. The number of aromatic amines is 1. The van der Waals surface area contributed by atoms with Gasteiger partial charge < -0.3 is 15.6 Å². The van der Waals surface area contributed by atoms with E-state index in [9.17, 15) is 17.6 Å². The number of fused-ring (bicyclic) bond motifs is 1. The van der Waals surface area contributed by atoms with Crippen LogP contribution in [0.5, 0.6) is 0 Å². The van der Waals surface area contributed by atoms with Gasteiger partial charge in [0.25, 0.3) is 0 Å². The first-order chi connectivity index (χ1) is 13.9. The fourth-order valence-corrected chi connectivity index (χ4v) is 3.00. The molecule has 0 saturated heterocycles. The molecule has 0 bridgehead atoms. The van der Waals surface area contributed by atoms with E-state index in [0.717, 1.165) is 29.0 Å². The Morgan fingerprint density at radius 2 is 2.00 bits per heavy atom. The number of pyridine rings is 1. The number of halogens is 4. The lowest BCUT2D eigenvalue weighted by atomic mass is 10.1. The molecule has 1 aromatic carbocycles. The molecule has 3 N–H and O–H groups in total. The van der Waals surface area contributed by atoms with E-state index in [2.05, 4.69) is 25.6 Å². The fraction of sp³-hybridized carbons (Fsp3) is 0.200. The molecule has 0 spiro atoms. The molecule has 0 radical (unpaired) electrons. The molecule has 0 fully saturated rings. The average molecular weight is 403 g/mol. The molecule has 3 aromatic rings. The van der Waals surface area contributed by atoms with Gasteiger partial charge in [-0.3, -0.25) is 4.98 Å². The second-order valence-electron chi connectivity index (χ2n) is 6.60. The minimum Gasteiger partial charge on any atom is -0.378 e. The summed E-state index contributed by atoms with van der Waals surface area (Å²) in [6, 6.07) is 7.90. The maximum absolute atomic E-state index is 13.5. The number of benzene rings is 1. The van der Waals surface area contributed by atoms with Crippen LogP contribution >= 0.6 is 0 Å². The van der Waals surface area contributed by atoms with E-state index in [-0.39, 0.29) is 6.54 Å². The van der Waals surface area contributed by atoms with E-state index in [1.54, 1.807) is 6.08 Å². The van der Waals surface area contributed by atoms with E-state index in [1.165, 1.54) is 12.1 Å². The van der Waals surface area contributed by atoms with Crippen LogP contribution in [0.4, 0.5) is 28.9 Å². The van der Waals surface area contributed by atoms with Gasteiger partial charge in [0.1, 0.15) is 17.7 Å². The van der Waals surface area contributed by atoms with Crippen LogP contribution in [0.25, 0.3) is 11.0 Å². The van der Waals surface area contributed by atoms with Crippen LogP contribution < -0.4 is 10.6 Å². The number of alkyl halides is 4. The number of aromatic nitrogens is 3. The van der Waals surface area contributed by atoms with Crippen LogP contribution in [-0.4, -0.2) is 21.1 Å². The number of allylic oxidation sites excluding steroid dienone is 3. The standard InChI is InChI=1S/C20H17F4N5/c21-12-2-1-3-14(8-12)27-15-4-5-16-17(9-15)29-19(28-16)11-26-13-6-7-25-18(10-13)20(22,23)24/h1,3-10,12,27H,2,11H2,(H,25,26)(H,28,29). The zero-order valence-corrected chi connectivity index (χ0v) is 15.1. The fourth-order valence-electron chi connectivity index (χ4n) is 3.00. The monoisotopic (exact) mass is 403 g/mol. The molecule has 0 saturated carbocycles. The zero-order chi connectivity index (χ0) is 20.4. The minimum atomic E-state index is -4.49. The highest BCUT2D eigenvalue weighted by atomic mass is 19.4. The lowest BCUT2D eigenvalue weighted by Gasteiger charge is -2.12. The van der Waals surface area contributed by atoms with Gasteiger partial charge in [0.15, 0.2) is 0 Å². The molecule has 1 unspecified atom stereocenters. The Bertz CT molecular complexity index is 1080. The molecule has 9 heteroatoms. The highest BCUT2D eigenvalue weighted by Crippen LogP contribution is 2.29. The molecule has 2 heterocycles. The normalized spacial score (nSPS) is 16.7. The molecule has 1 aliphatic carbocycles. The lowest BCUT2D eigenvalue weighted by molar-refractivity contribution is -0.141. The zero-order valence-electron chi connectivity index (χ0n) is 15.1. The third-order valence-electron chi connectivity index (χ3n) is 4.35. The molecule has 5 nitrogen and oxygen atoms in total. The Hall–Kier alpha value is -3.36. The van der Waals surface area contributed by atoms with E-state index in [1.807, 2.05) is 24.3 Å². The first-order valence-electron chi connectivity index (χ1n) is 8.92. The number of anilines is 2. The van der Waals surface area contributed by atoms with Gasteiger partial charge in [-0.05, 0) is 42.5 Å².